The van der Waals surface area contributed by atoms with Gasteiger partial charge in [-0.2, -0.15) is 0 Å². The number of halogens is 1. The minimum Gasteiger partial charge on any atom is -0.410 e. The highest BCUT2D eigenvalue weighted by Gasteiger charge is 2.23. The summed E-state index contributed by atoms with van der Waals surface area (Å²) < 4.78 is 5.36. The van der Waals surface area contributed by atoms with Crippen LogP contribution in [0.4, 0.5) is 10.5 Å². The molecular weight excluding hydrogens is 300 g/mol. The molecule has 22 heavy (non-hydrogen) atoms. The van der Waals surface area contributed by atoms with Crippen molar-refractivity contribution in [3.8, 4) is 5.75 Å². The van der Waals surface area contributed by atoms with Crippen LogP contribution in [0.25, 0.3) is 0 Å². The monoisotopic (exact) mass is 316 g/mol. The molecular formula is C17H17ClN2O2. The lowest BCUT2D eigenvalue weighted by atomic mass is 10.2. The molecule has 2 aromatic rings. The van der Waals surface area contributed by atoms with Crippen LogP contribution < -0.4 is 9.64 Å². The first-order valence-electron chi connectivity index (χ1n) is 7.25. The summed E-state index contributed by atoms with van der Waals surface area (Å²) in [5.74, 6) is 0.570. The molecule has 0 N–H and O–H groups in total. The second-order valence-electron chi connectivity index (χ2n) is 5.11. The van der Waals surface area contributed by atoms with Crippen LogP contribution in [0.5, 0.6) is 5.75 Å². The summed E-state index contributed by atoms with van der Waals surface area (Å²) in [5.41, 5.74) is 1.01. The van der Waals surface area contributed by atoms with E-state index in [1.54, 1.807) is 17.0 Å². The van der Waals surface area contributed by atoms with Crippen LogP contribution in [-0.4, -0.2) is 37.2 Å². The number of nitrogens with zero attached hydrogens (tertiary/aromatic N) is 2. The van der Waals surface area contributed by atoms with E-state index in [1.807, 2.05) is 42.5 Å². The van der Waals surface area contributed by atoms with Gasteiger partial charge in [-0.15, -0.1) is 0 Å². The summed E-state index contributed by atoms with van der Waals surface area (Å²) in [6, 6.07) is 16.9. The molecule has 0 bridgehead atoms. The van der Waals surface area contributed by atoms with Gasteiger partial charge in [0, 0.05) is 26.2 Å². The van der Waals surface area contributed by atoms with E-state index in [2.05, 4.69) is 4.90 Å². The number of amides is 1. The Morgan fingerprint density at radius 2 is 1.55 bits per heavy atom. The van der Waals surface area contributed by atoms with Gasteiger partial charge in [0.05, 0.1) is 10.7 Å². The fourth-order valence-electron chi connectivity index (χ4n) is 2.49. The minimum atomic E-state index is -0.301. The Bertz CT molecular complexity index is 640. The van der Waals surface area contributed by atoms with E-state index in [0.29, 0.717) is 18.8 Å². The van der Waals surface area contributed by atoms with Crippen molar-refractivity contribution in [3.05, 3.63) is 59.6 Å². The summed E-state index contributed by atoms with van der Waals surface area (Å²) in [4.78, 5) is 16.0. The molecule has 1 fully saturated rings. The van der Waals surface area contributed by atoms with Gasteiger partial charge in [0.1, 0.15) is 5.75 Å². The molecule has 4 nitrogen and oxygen atoms in total. The Morgan fingerprint density at radius 3 is 2.23 bits per heavy atom. The van der Waals surface area contributed by atoms with E-state index in [0.717, 1.165) is 23.8 Å². The van der Waals surface area contributed by atoms with Crippen molar-refractivity contribution in [2.45, 2.75) is 0 Å². The number of carbonyl (C=O) groups is 1. The largest absolute Gasteiger partial charge is 0.415 e. The predicted octanol–water partition coefficient (Wildman–Crippen LogP) is 3.66. The summed E-state index contributed by atoms with van der Waals surface area (Å²) in [5, 5.41) is 0.739. The Morgan fingerprint density at radius 1 is 0.909 bits per heavy atom. The predicted molar refractivity (Wildman–Crippen MR) is 87.7 cm³/mol. The quantitative estimate of drug-likeness (QED) is 0.847. The summed E-state index contributed by atoms with van der Waals surface area (Å²) in [7, 11) is 0. The third-order valence-corrected chi connectivity index (χ3v) is 4.00. The normalized spacial score (nSPS) is 14.8. The van der Waals surface area contributed by atoms with Gasteiger partial charge in [0.15, 0.2) is 0 Å². The molecule has 0 saturated carbocycles. The molecule has 0 spiro atoms. The number of hydrogen-bond donors (Lipinski definition) is 0. The third-order valence-electron chi connectivity index (χ3n) is 3.68. The zero-order chi connectivity index (χ0) is 15.4. The number of hydrogen-bond acceptors (Lipinski definition) is 3. The van der Waals surface area contributed by atoms with Crippen LogP contribution in [0, 0.1) is 0 Å². The number of rotatable bonds is 2. The molecule has 0 atom stereocenters. The molecule has 0 aromatic heterocycles. The topological polar surface area (TPSA) is 32.8 Å². The van der Waals surface area contributed by atoms with Gasteiger partial charge in [-0.25, -0.2) is 4.79 Å². The number of benzene rings is 2. The third kappa shape index (κ3) is 3.34. The van der Waals surface area contributed by atoms with Crippen molar-refractivity contribution >= 4 is 23.4 Å². The first-order chi connectivity index (χ1) is 10.7. The Kier molecular flexibility index (Phi) is 4.49. The summed E-state index contributed by atoms with van der Waals surface area (Å²) in [6.07, 6.45) is -0.301. The zero-order valence-corrected chi connectivity index (χ0v) is 12.9. The molecule has 5 heteroatoms. The Labute approximate surface area is 134 Å². The van der Waals surface area contributed by atoms with Crippen molar-refractivity contribution in [2.24, 2.45) is 0 Å². The average Bonchev–Trinajstić information content (AvgIpc) is 2.56. The Balaban J connectivity index is 1.58. The molecule has 3 rings (SSSR count). The number of para-hydroxylation sites is 2. The van der Waals surface area contributed by atoms with E-state index in [9.17, 15) is 4.79 Å². The maximum Gasteiger partial charge on any atom is 0.415 e. The lowest BCUT2D eigenvalue weighted by Gasteiger charge is -2.35. The van der Waals surface area contributed by atoms with Crippen LogP contribution in [0.1, 0.15) is 0 Å². The molecule has 1 aliphatic rings. The van der Waals surface area contributed by atoms with Gasteiger partial charge in [0.25, 0.3) is 0 Å². The summed E-state index contributed by atoms with van der Waals surface area (Å²) in [6.45, 7) is 2.73. The molecule has 0 radical (unpaired) electrons. The van der Waals surface area contributed by atoms with Gasteiger partial charge >= 0.3 is 6.09 Å². The lowest BCUT2D eigenvalue weighted by molar-refractivity contribution is 0.149. The maximum atomic E-state index is 12.1. The number of ether oxygens (including phenoxy) is 1. The van der Waals surface area contributed by atoms with Crippen molar-refractivity contribution in [3.63, 3.8) is 0 Å². The molecule has 1 heterocycles. The van der Waals surface area contributed by atoms with Gasteiger partial charge in [0.2, 0.25) is 0 Å². The van der Waals surface area contributed by atoms with Crippen LogP contribution >= 0.6 is 11.6 Å². The van der Waals surface area contributed by atoms with E-state index in [1.165, 1.54) is 0 Å². The van der Waals surface area contributed by atoms with E-state index in [-0.39, 0.29) is 6.09 Å². The van der Waals surface area contributed by atoms with Crippen LogP contribution in [-0.2, 0) is 0 Å². The second kappa shape index (κ2) is 6.71. The highest BCUT2D eigenvalue weighted by molar-refractivity contribution is 6.33. The number of carbonyl (C=O) groups excluding carboxylic acids is 1. The smallest absolute Gasteiger partial charge is 0.410 e. The minimum absolute atomic E-state index is 0.301. The van der Waals surface area contributed by atoms with Gasteiger partial charge in [-0.05, 0) is 24.3 Å². The fraction of sp³-hybridized carbons (Fsp3) is 0.235. The average molecular weight is 317 g/mol. The van der Waals surface area contributed by atoms with E-state index in [4.69, 9.17) is 16.3 Å². The standard InChI is InChI=1S/C17H17ClN2O2/c18-15-8-4-5-9-16(15)19-10-12-20(13-11-19)17(21)22-14-6-2-1-3-7-14/h1-9H,10-13H2. The van der Waals surface area contributed by atoms with Gasteiger partial charge in [-0.3, -0.25) is 0 Å². The second-order valence-corrected chi connectivity index (χ2v) is 5.51. The van der Waals surface area contributed by atoms with Crippen LogP contribution in [0.2, 0.25) is 5.02 Å². The number of anilines is 1. The molecule has 1 aliphatic heterocycles. The van der Waals surface area contributed by atoms with Crippen molar-refractivity contribution in [1.82, 2.24) is 4.90 Å². The summed E-state index contributed by atoms with van der Waals surface area (Å²) >= 11 is 6.22. The molecule has 0 unspecified atom stereocenters. The first kappa shape index (κ1) is 14.7. The molecule has 1 saturated heterocycles. The molecule has 114 valence electrons. The van der Waals surface area contributed by atoms with Gasteiger partial charge < -0.3 is 14.5 Å². The zero-order valence-electron chi connectivity index (χ0n) is 12.1. The molecule has 1 amide bonds. The van der Waals surface area contributed by atoms with E-state index < -0.39 is 0 Å². The highest BCUT2D eigenvalue weighted by Crippen LogP contribution is 2.26. The van der Waals surface area contributed by atoms with Crippen molar-refractivity contribution < 1.29 is 9.53 Å². The lowest BCUT2D eigenvalue weighted by Crippen LogP contribution is -2.49. The van der Waals surface area contributed by atoms with Crippen molar-refractivity contribution in [1.29, 1.82) is 0 Å². The Hall–Kier alpha value is -2.20. The fourth-order valence-corrected chi connectivity index (χ4v) is 2.75. The van der Waals surface area contributed by atoms with E-state index >= 15 is 0 Å². The van der Waals surface area contributed by atoms with Crippen molar-refractivity contribution in [2.75, 3.05) is 31.1 Å². The maximum absolute atomic E-state index is 12.1. The highest BCUT2D eigenvalue weighted by atomic mass is 35.5. The van der Waals surface area contributed by atoms with Crippen LogP contribution in [0.3, 0.4) is 0 Å². The van der Waals surface area contributed by atoms with Crippen LogP contribution in [0.15, 0.2) is 54.6 Å². The molecule has 2 aromatic carbocycles. The van der Waals surface area contributed by atoms with Gasteiger partial charge in [-0.1, -0.05) is 41.9 Å². The molecule has 0 aliphatic carbocycles. The number of piperazine rings is 1. The first-order valence-corrected chi connectivity index (χ1v) is 7.63. The SMILES string of the molecule is O=C(Oc1ccccc1)N1CCN(c2ccccc2Cl)CC1.